The molecule has 23 heavy (non-hydrogen) atoms. The van der Waals surface area contributed by atoms with Gasteiger partial charge in [-0.05, 0) is 61.9 Å². The van der Waals surface area contributed by atoms with Crippen LogP contribution in [0.1, 0.15) is 31.2 Å². The highest BCUT2D eigenvalue weighted by Crippen LogP contribution is 2.49. The van der Waals surface area contributed by atoms with E-state index >= 15 is 0 Å². The van der Waals surface area contributed by atoms with Crippen molar-refractivity contribution in [2.75, 3.05) is 18.4 Å². The number of likely N-dealkylation sites (tertiary alicyclic amines) is 1. The van der Waals surface area contributed by atoms with E-state index in [9.17, 15) is 0 Å². The minimum atomic E-state index is 0.544. The number of hydrogen-bond acceptors (Lipinski definition) is 5. The highest BCUT2D eigenvalue weighted by atomic mass is 15.1. The fraction of sp³-hybridized carbons (Fsp3) is 0.500. The van der Waals surface area contributed by atoms with Crippen LogP contribution in [0.5, 0.6) is 0 Å². The van der Waals surface area contributed by atoms with Crippen LogP contribution in [0.4, 0.5) is 5.95 Å². The van der Waals surface area contributed by atoms with Crippen molar-refractivity contribution in [1.29, 1.82) is 0 Å². The molecule has 1 spiro atoms. The minimum Gasteiger partial charge on any atom is -0.351 e. The molecule has 0 atom stereocenters. The van der Waals surface area contributed by atoms with Crippen LogP contribution in [0.15, 0.2) is 43.0 Å². The number of rotatable bonds is 4. The third kappa shape index (κ3) is 3.34. The SMILES string of the molecule is c1cnc(NC2CC3(CCN(Cc4cccnc4)CC3)C2)nc1. The second-order valence-electron chi connectivity index (χ2n) is 6.96. The summed E-state index contributed by atoms with van der Waals surface area (Å²) in [5, 5.41) is 3.46. The molecular weight excluding hydrogens is 286 g/mol. The van der Waals surface area contributed by atoms with Gasteiger partial charge in [0.05, 0.1) is 0 Å². The molecule has 1 N–H and O–H groups in total. The fourth-order valence-electron chi connectivity index (χ4n) is 3.99. The summed E-state index contributed by atoms with van der Waals surface area (Å²) in [6.45, 7) is 3.43. The van der Waals surface area contributed by atoms with Crippen molar-refractivity contribution >= 4 is 5.95 Å². The summed E-state index contributed by atoms with van der Waals surface area (Å²) in [6, 6.07) is 6.59. The van der Waals surface area contributed by atoms with Gasteiger partial charge in [-0.3, -0.25) is 9.88 Å². The monoisotopic (exact) mass is 309 g/mol. The molecule has 2 aromatic rings. The molecule has 0 radical (unpaired) electrons. The van der Waals surface area contributed by atoms with Crippen molar-refractivity contribution in [2.24, 2.45) is 5.41 Å². The maximum atomic E-state index is 4.26. The zero-order valence-electron chi connectivity index (χ0n) is 13.4. The lowest BCUT2D eigenvalue weighted by Crippen LogP contribution is -2.51. The Morgan fingerprint density at radius 1 is 1.09 bits per heavy atom. The van der Waals surface area contributed by atoms with E-state index in [1.807, 2.05) is 24.5 Å². The number of aromatic nitrogens is 3. The van der Waals surface area contributed by atoms with Crippen LogP contribution in [0.25, 0.3) is 0 Å². The first-order valence-electron chi connectivity index (χ1n) is 8.46. The summed E-state index contributed by atoms with van der Waals surface area (Å²) >= 11 is 0. The molecular formula is C18H23N5. The van der Waals surface area contributed by atoms with Gasteiger partial charge in [0.25, 0.3) is 0 Å². The van der Waals surface area contributed by atoms with E-state index in [0.717, 1.165) is 12.5 Å². The molecule has 0 aromatic carbocycles. The highest BCUT2D eigenvalue weighted by molar-refractivity contribution is 5.27. The van der Waals surface area contributed by atoms with Gasteiger partial charge in [-0.2, -0.15) is 0 Å². The number of piperidine rings is 1. The molecule has 2 fully saturated rings. The minimum absolute atomic E-state index is 0.544. The first-order valence-corrected chi connectivity index (χ1v) is 8.46. The second kappa shape index (κ2) is 6.24. The van der Waals surface area contributed by atoms with Crippen LogP contribution in [-0.2, 0) is 6.54 Å². The molecule has 2 aliphatic rings. The molecule has 3 heterocycles. The van der Waals surface area contributed by atoms with E-state index < -0.39 is 0 Å². The van der Waals surface area contributed by atoms with E-state index in [1.165, 1.54) is 44.3 Å². The first kappa shape index (κ1) is 14.6. The summed E-state index contributed by atoms with van der Waals surface area (Å²) in [7, 11) is 0. The van der Waals surface area contributed by atoms with Gasteiger partial charge < -0.3 is 5.32 Å². The number of anilines is 1. The van der Waals surface area contributed by atoms with Crippen molar-refractivity contribution in [1.82, 2.24) is 19.9 Å². The first-order chi connectivity index (χ1) is 11.3. The lowest BCUT2D eigenvalue weighted by Gasteiger charge is -2.52. The van der Waals surface area contributed by atoms with Gasteiger partial charge in [0.2, 0.25) is 5.95 Å². The predicted molar refractivity (Wildman–Crippen MR) is 89.9 cm³/mol. The van der Waals surface area contributed by atoms with Crippen LogP contribution >= 0.6 is 0 Å². The largest absolute Gasteiger partial charge is 0.351 e. The van der Waals surface area contributed by atoms with Crippen molar-refractivity contribution < 1.29 is 0 Å². The molecule has 5 heteroatoms. The van der Waals surface area contributed by atoms with Gasteiger partial charge in [-0.25, -0.2) is 9.97 Å². The van der Waals surface area contributed by atoms with Crippen molar-refractivity contribution in [3.8, 4) is 0 Å². The molecule has 1 saturated heterocycles. The number of hydrogen-bond donors (Lipinski definition) is 1. The van der Waals surface area contributed by atoms with Crippen molar-refractivity contribution in [3.05, 3.63) is 48.5 Å². The van der Waals surface area contributed by atoms with Crippen LogP contribution in [0, 0.1) is 5.41 Å². The van der Waals surface area contributed by atoms with Gasteiger partial charge >= 0.3 is 0 Å². The van der Waals surface area contributed by atoms with Crippen LogP contribution in [-0.4, -0.2) is 39.0 Å². The summed E-state index contributed by atoms with van der Waals surface area (Å²) < 4.78 is 0. The molecule has 5 nitrogen and oxygen atoms in total. The maximum absolute atomic E-state index is 4.26. The normalized spacial score (nSPS) is 21.0. The Balaban J connectivity index is 1.25. The molecule has 1 aliphatic carbocycles. The lowest BCUT2D eigenvalue weighted by molar-refractivity contribution is 0.0208. The molecule has 2 aromatic heterocycles. The number of nitrogens with zero attached hydrogens (tertiary/aromatic N) is 4. The Kier molecular flexibility index (Phi) is 3.95. The smallest absolute Gasteiger partial charge is 0.222 e. The van der Waals surface area contributed by atoms with Crippen LogP contribution in [0.3, 0.4) is 0 Å². The molecule has 4 rings (SSSR count). The molecule has 120 valence electrons. The fourth-order valence-corrected chi connectivity index (χ4v) is 3.99. The van der Waals surface area contributed by atoms with Crippen LogP contribution in [0.2, 0.25) is 0 Å². The number of nitrogens with one attached hydrogen (secondary N) is 1. The highest BCUT2D eigenvalue weighted by Gasteiger charge is 2.45. The van der Waals surface area contributed by atoms with Gasteiger partial charge in [0.15, 0.2) is 0 Å². The standard InChI is InChI=1S/C18H23N5/c1-3-15(13-19-6-1)14-23-9-4-18(5-10-23)11-16(12-18)22-17-20-7-2-8-21-17/h1-3,6-8,13,16H,4-5,9-12,14H2,(H,20,21,22). The molecule has 1 saturated carbocycles. The van der Waals surface area contributed by atoms with Crippen LogP contribution < -0.4 is 5.32 Å². The summed E-state index contributed by atoms with van der Waals surface area (Å²) in [4.78, 5) is 15.3. The Hall–Kier alpha value is -2.01. The Bertz CT molecular complexity index is 614. The van der Waals surface area contributed by atoms with Gasteiger partial charge in [-0.15, -0.1) is 0 Å². The third-order valence-electron chi connectivity index (χ3n) is 5.30. The van der Waals surface area contributed by atoms with Gasteiger partial charge in [0.1, 0.15) is 0 Å². The predicted octanol–water partition coefficient (Wildman–Crippen LogP) is 2.73. The van der Waals surface area contributed by atoms with E-state index in [1.54, 1.807) is 12.4 Å². The average molecular weight is 309 g/mol. The molecule has 0 unspecified atom stereocenters. The molecule has 0 bridgehead atoms. The van der Waals surface area contributed by atoms with Crippen molar-refractivity contribution in [3.63, 3.8) is 0 Å². The summed E-state index contributed by atoms with van der Waals surface area (Å²) in [5.41, 5.74) is 1.87. The van der Waals surface area contributed by atoms with Gasteiger partial charge in [-0.1, -0.05) is 6.07 Å². The zero-order valence-corrected chi connectivity index (χ0v) is 13.4. The topological polar surface area (TPSA) is 53.9 Å². The molecule has 1 aliphatic heterocycles. The summed E-state index contributed by atoms with van der Waals surface area (Å²) in [6.07, 6.45) is 12.5. The maximum Gasteiger partial charge on any atom is 0.222 e. The van der Waals surface area contributed by atoms with Gasteiger partial charge in [0, 0.05) is 37.4 Å². The Morgan fingerprint density at radius 2 is 1.87 bits per heavy atom. The van der Waals surface area contributed by atoms with Crippen molar-refractivity contribution in [2.45, 2.75) is 38.3 Å². The number of pyridine rings is 1. The van der Waals surface area contributed by atoms with E-state index in [2.05, 4.69) is 31.2 Å². The Morgan fingerprint density at radius 3 is 2.57 bits per heavy atom. The van der Waals surface area contributed by atoms with E-state index in [0.29, 0.717) is 11.5 Å². The summed E-state index contributed by atoms with van der Waals surface area (Å²) in [5.74, 6) is 0.765. The second-order valence-corrected chi connectivity index (χ2v) is 6.96. The van der Waals surface area contributed by atoms with E-state index in [-0.39, 0.29) is 0 Å². The lowest BCUT2D eigenvalue weighted by atomic mass is 9.60. The van der Waals surface area contributed by atoms with E-state index in [4.69, 9.17) is 0 Å². The third-order valence-corrected chi connectivity index (χ3v) is 5.30. The molecule has 0 amide bonds. The average Bonchev–Trinajstić information content (AvgIpc) is 2.57. The Labute approximate surface area is 137 Å². The quantitative estimate of drug-likeness (QED) is 0.941. The zero-order chi connectivity index (χ0) is 15.5.